The van der Waals surface area contributed by atoms with Gasteiger partial charge in [0.15, 0.2) is 5.16 Å². The van der Waals surface area contributed by atoms with Gasteiger partial charge in [-0.15, -0.1) is 0 Å². The number of imidazole rings is 1. The summed E-state index contributed by atoms with van der Waals surface area (Å²) in [5, 5.41) is 0.307. The highest BCUT2D eigenvalue weighted by Crippen LogP contribution is 2.29. The van der Waals surface area contributed by atoms with Crippen LogP contribution in [0.25, 0.3) is 11.0 Å². The number of benzene rings is 2. The number of carbonyl (C=O) groups excluding carboxylic acids is 3. The summed E-state index contributed by atoms with van der Waals surface area (Å²) in [5.74, 6) is -5.21. The number of fused-ring (bicyclic) bond motifs is 2. The van der Waals surface area contributed by atoms with Crippen molar-refractivity contribution in [2.24, 2.45) is 0 Å². The second-order valence-corrected chi connectivity index (χ2v) is 6.72. The van der Waals surface area contributed by atoms with Crippen molar-refractivity contribution >= 4 is 40.6 Å². The predicted molar refractivity (Wildman–Crippen MR) is 94.6 cm³/mol. The van der Waals surface area contributed by atoms with Crippen molar-refractivity contribution in [1.29, 1.82) is 0 Å². The van der Waals surface area contributed by atoms with E-state index in [9.17, 15) is 23.2 Å². The number of alkyl halides is 2. The highest BCUT2D eigenvalue weighted by atomic mass is 32.2. The third kappa shape index (κ3) is 3.11. The van der Waals surface area contributed by atoms with E-state index >= 15 is 0 Å². The first kappa shape index (κ1) is 18.1. The SMILES string of the molecule is O=C(Cn1c(SC(F)F)nc2ccccc21)ON1C(=O)c2ccccc2C1=O. The molecule has 0 aliphatic carbocycles. The maximum atomic E-state index is 12.8. The molecule has 0 N–H and O–H groups in total. The first-order valence-corrected chi connectivity index (χ1v) is 8.92. The normalized spacial score (nSPS) is 13.5. The molecule has 0 bridgehead atoms. The van der Waals surface area contributed by atoms with Crippen LogP contribution in [0, 0.1) is 0 Å². The second kappa shape index (κ2) is 7.04. The lowest BCUT2D eigenvalue weighted by molar-refractivity contribution is -0.169. The van der Waals surface area contributed by atoms with Crippen molar-refractivity contribution in [1.82, 2.24) is 14.6 Å². The molecule has 1 aliphatic heterocycles. The average Bonchev–Trinajstić information content (AvgIpc) is 3.12. The molecular weight excluding hydrogens is 392 g/mol. The third-order valence-corrected chi connectivity index (χ3v) is 4.75. The van der Waals surface area contributed by atoms with Gasteiger partial charge < -0.3 is 9.40 Å². The van der Waals surface area contributed by atoms with Gasteiger partial charge in [-0.25, -0.2) is 9.78 Å². The molecule has 1 aliphatic rings. The highest BCUT2D eigenvalue weighted by molar-refractivity contribution is 7.99. The van der Waals surface area contributed by atoms with E-state index in [1.165, 1.54) is 16.7 Å². The van der Waals surface area contributed by atoms with Gasteiger partial charge in [0.1, 0.15) is 6.54 Å². The zero-order valence-corrected chi connectivity index (χ0v) is 14.9. The van der Waals surface area contributed by atoms with Gasteiger partial charge in [-0.3, -0.25) is 9.59 Å². The molecule has 0 unspecified atom stereocenters. The summed E-state index contributed by atoms with van der Waals surface area (Å²) in [6, 6.07) is 12.7. The minimum absolute atomic E-state index is 0.0736. The van der Waals surface area contributed by atoms with Gasteiger partial charge in [0.2, 0.25) is 0 Å². The number of hydrogen-bond acceptors (Lipinski definition) is 6. The fourth-order valence-electron chi connectivity index (χ4n) is 2.89. The van der Waals surface area contributed by atoms with Crippen LogP contribution in [0.2, 0.25) is 0 Å². The first-order chi connectivity index (χ1) is 13.5. The molecule has 0 saturated carbocycles. The van der Waals surface area contributed by atoms with E-state index in [2.05, 4.69) is 4.98 Å². The Kier molecular flexibility index (Phi) is 4.55. The minimum Gasteiger partial charge on any atom is -0.328 e. The van der Waals surface area contributed by atoms with Crippen molar-refractivity contribution in [3.63, 3.8) is 0 Å². The zero-order valence-electron chi connectivity index (χ0n) is 14.0. The number of amides is 2. The van der Waals surface area contributed by atoms with Gasteiger partial charge in [0, 0.05) is 0 Å². The molecule has 0 saturated heterocycles. The molecule has 0 atom stereocenters. The Morgan fingerprint density at radius 3 is 2.29 bits per heavy atom. The highest BCUT2D eigenvalue weighted by Gasteiger charge is 2.38. The molecule has 4 rings (SSSR count). The van der Waals surface area contributed by atoms with Gasteiger partial charge in [0.05, 0.1) is 22.2 Å². The molecule has 142 valence electrons. The van der Waals surface area contributed by atoms with Crippen molar-refractivity contribution in [2.75, 3.05) is 0 Å². The summed E-state index contributed by atoms with van der Waals surface area (Å²) in [5.41, 5.74) is 1.13. The summed E-state index contributed by atoms with van der Waals surface area (Å²) >= 11 is 0.190. The van der Waals surface area contributed by atoms with Gasteiger partial charge in [-0.05, 0) is 36.0 Å². The third-order valence-electron chi connectivity index (χ3n) is 4.05. The summed E-state index contributed by atoms with van der Waals surface area (Å²) in [6.45, 7) is -0.497. The Morgan fingerprint density at radius 1 is 1.04 bits per heavy atom. The van der Waals surface area contributed by atoms with E-state index < -0.39 is 30.1 Å². The maximum Gasteiger partial charge on any atom is 0.352 e. The van der Waals surface area contributed by atoms with E-state index in [1.54, 1.807) is 36.4 Å². The predicted octanol–water partition coefficient (Wildman–Crippen LogP) is 3.11. The van der Waals surface area contributed by atoms with Gasteiger partial charge in [-0.1, -0.05) is 29.3 Å². The molecule has 3 aromatic rings. The minimum atomic E-state index is -2.73. The molecule has 28 heavy (non-hydrogen) atoms. The fraction of sp³-hybridized carbons (Fsp3) is 0.111. The van der Waals surface area contributed by atoms with E-state index in [0.29, 0.717) is 16.1 Å². The van der Waals surface area contributed by atoms with Crippen LogP contribution in [0.1, 0.15) is 20.7 Å². The van der Waals surface area contributed by atoms with Crippen molar-refractivity contribution in [2.45, 2.75) is 17.5 Å². The summed E-state index contributed by atoms with van der Waals surface area (Å²) in [7, 11) is 0. The van der Waals surface area contributed by atoms with Crippen LogP contribution >= 0.6 is 11.8 Å². The number of aromatic nitrogens is 2. The van der Waals surface area contributed by atoms with Crippen LogP contribution in [0.4, 0.5) is 8.78 Å². The molecule has 2 amide bonds. The van der Waals surface area contributed by atoms with Crippen molar-refractivity contribution in [3.8, 4) is 0 Å². The van der Waals surface area contributed by atoms with Crippen LogP contribution in [0.3, 0.4) is 0 Å². The molecule has 7 nitrogen and oxygen atoms in total. The van der Waals surface area contributed by atoms with Crippen LogP contribution < -0.4 is 0 Å². The summed E-state index contributed by atoms with van der Waals surface area (Å²) in [4.78, 5) is 46.0. The van der Waals surface area contributed by atoms with E-state index in [1.807, 2.05) is 0 Å². The lowest BCUT2D eigenvalue weighted by Crippen LogP contribution is -2.34. The Hall–Kier alpha value is -3.27. The van der Waals surface area contributed by atoms with Crippen molar-refractivity contribution in [3.05, 3.63) is 59.7 Å². The molecule has 1 aromatic heterocycles. The van der Waals surface area contributed by atoms with Crippen LogP contribution in [0.15, 0.2) is 53.7 Å². The quantitative estimate of drug-likeness (QED) is 0.481. The van der Waals surface area contributed by atoms with E-state index in [0.717, 1.165) is 0 Å². The zero-order chi connectivity index (χ0) is 19.8. The molecule has 0 fully saturated rings. The van der Waals surface area contributed by atoms with Crippen LogP contribution in [-0.2, 0) is 16.2 Å². The number of carbonyl (C=O) groups is 3. The molecule has 0 spiro atoms. The monoisotopic (exact) mass is 403 g/mol. The van der Waals surface area contributed by atoms with Gasteiger partial charge in [-0.2, -0.15) is 8.78 Å². The van der Waals surface area contributed by atoms with Gasteiger partial charge >= 0.3 is 5.97 Å². The van der Waals surface area contributed by atoms with Crippen molar-refractivity contribution < 1.29 is 28.0 Å². The molecule has 10 heteroatoms. The topological polar surface area (TPSA) is 81.5 Å². The van der Waals surface area contributed by atoms with E-state index in [-0.39, 0.29) is 28.0 Å². The molecular formula is C18H11F2N3O4S. The van der Waals surface area contributed by atoms with Gasteiger partial charge in [0.25, 0.3) is 17.6 Å². The molecule has 2 heterocycles. The number of para-hydroxylation sites is 2. The number of thioether (sulfide) groups is 1. The smallest absolute Gasteiger partial charge is 0.328 e. The van der Waals surface area contributed by atoms with Crippen LogP contribution in [0.5, 0.6) is 0 Å². The largest absolute Gasteiger partial charge is 0.352 e. The average molecular weight is 403 g/mol. The standard InChI is InChI=1S/C18H11F2N3O4S/c19-17(20)28-18-21-12-7-3-4-8-13(12)22(18)9-14(24)27-23-15(25)10-5-1-2-6-11(10)16(23)26/h1-8,17H,9H2. The lowest BCUT2D eigenvalue weighted by Gasteiger charge is -2.14. The second-order valence-electron chi connectivity index (χ2n) is 5.76. The lowest BCUT2D eigenvalue weighted by atomic mass is 10.1. The van der Waals surface area contributed by atoms with E-state index in [4.69, 9.17) is 4.84 Å². The number of rotatable bonds is 5. The van der Waals surface area contributed by atoms with Crippen LogP contribution in [-0.4, -0.2) is 38.2 Å². The fourth-order valence-corrected chi connectivity index (χ4v) is 3.49. The first-order valence-electron chi connectivity index (χ1n) is 8.04. The number of nitrogens with zero attached hydrogens (tertiary/aromatic N) is 3. The number of hydroxylamine groups is 2. The summed E-state index contributed by atoms with van der Waals surface area (Å²) in [6.07, 6.45) is 0. The Balaban J connectivity index is 1.58. The Bertz CT molecular complexity index is 1080. The number of hydrogen-bond donors (Lipinski definition) is 0. The molecule has 0 radical (unpaired) electrons. The molecule has 2 aromatic carbocycles. The number of halogens is 2. The maximum absolute atomic E-state index is 12.8. The number of imide groups is 1. The Labute approximate surface area is 160 Å². The Morgan fingerprint density at radius 2 is 1.64 bits per heavy atom. The summed E-state index contributed by atoms with van der Waals surface area (Å²) < 4.78 is 26.9.